The average Bonchev–Trinajstić information content (AvgIpc) is 3.06. The minimum Gasteiger partial charge on any atom is -0.339 e. The summed E-state index contributed by atoms with van der Waals surface area (Å²) >= 11 is 0. The van der Waals surface area contributed by atoms with Gasteiger partial charge in [-0.25, -0.2) is 4.79 Å². The molecule has 7 nitrogen and oxygen atoms in total. The maximum absolute atomic E-state index is 13.0. The van der Waals surface area contributed by atoms with Crippen LogP contribution in [-0.2, 0) is 17.9 Å². The van der Waals surface area contributed by atoms with Crippen LogP contribution in [0.3, 0.4) is 0 Å². The van der Waals surface area contributed by atoms with Crippen LogP contribution in [0, 0.1) is 11.3 Å². The Morgan fingerprint density at radius 2 is 1.57 bits per heavy atom. The standard InChI is InChI=1S/C23H25N5O2/c1-2-27-19-10-6-7-11-20(19)28(23(27)30)17-22(29)26-14-12-25(13-15-26)21(16-24)18-8-4-3-5-9-18/h3-11,21H,2,12-15,17H2,1H3. The van der Waals surface area contributed by atoms with E-state index in [0.29, 0.717) is 32.7 Å². The van der Waals surface area contributed by atoms with Gasteiger partial charge >= 0.3 is 5.69 Å². The number of amides is 1. The fraction of sp³-hybridized carbons (Fsp3) is 0.348. The number of hydrogen-bond donors (Lipinski definition) is 0. The number of fused-ring (bicyclic) bond motifs is 1. The molecule has 2 heterocycles. The summed E-state index contributed by atoms with van der Waals surface area (Å²) in [5, 5.41) is 9.65. The van der Waals surface area contributed by atoms with Crippen molar-refractivity contribution in [3.8, 4) is 6.07 Å². The smallest absolute Gasteiger partial charge is 0.329 e. The molecule has 1 aliphatic rings. The van der Waals surface area contributed by atoms with Gasteiger partial charge < -0.3 is 4.90 Å². The lowest BCUT2D eigenvalue weighted by Crippen LogP contribution is -2.50. The highest BCUT2D eigenvalue weighted by Gasteiger charge is 2.27. The molecule has 3 aromatic rings. The van der Waals surface area contributed by atoms with Gasteiger partial charge in [-0.15, -0.1) is 0 Å². The van der Waals surface area contributed by atoms with E-state index >= 15 is 0 Å². The fourth-order valence-corrected chi connectivity index (χ4v) is 4.20. The molecular formula is C23H25N5O2. The number of hydrogen-bond acceptors (Lipinski definition) is 4. The fourth-order valence-electron chi connectivity index (χ4n) is 4.20. The van der Waals surface area contributed by atoms with Crippen molar-refractivity contribution in [2.75, 3.05) is 26.2 Å². The zero-order valence-electron chi connectivity index (χ0n) is 17.1. The molecule has 0 bridgehead atoms. The van der Waals surface area contributed by atoms with Crippen LogP contribution in [0.25, 0.3) is 11.0 Å². The minimum atomic E-state index is -0.311. The maximum Gasteiger partial charge on any atom is 0.329 e. The molecule has 30 heavy (non-hydrogen) atoms. The molecule has 1 aromatic heterocycles. The Morgan fingerprint density at radius 3 is 2.17 bits per heavy atom. The van der Waals surface area contributed by atoms with E-state index in [2.05, 4.69) is 11.0 Å². The molecule has 0 spiro atoms. The van der Waals surface area contributed by atoms with Crippen molar-refractivity contribution in [2.24, 2.45) is 0 Å². The minimum absolute atomic E-state index is 0.0344. The van der Waals surface area contributed by atoms with Gasteiger partial charge in [0.25, 0.3) is 0 Å². The van der Waals surface area contributed by atoms with E-state index in [1.807, 2.05) is 61.5 Å². The highest BCUT2D eigenvalue weighted by molar-refractivity contribution is 5.81. The number of nitrogens with zero attached hydrogens (tertiary/aromatic N) is 5. The third kappa shape index (κ3) is 3.62. The predicted molar refractivity (Wildman–Crippen MR) is 115 cm³/mol. The lowest BCUT2D eigenvalue weighted by Gasteiger charge is -2.37. The lowest BCUT2D eigenvalue weighted by molar-refractivity contribution is -0.133. The topological polar surface area (TPSA) is 74.3 Å². The first-order valence-electron chi connectivity index (χ1n) is 10.3. The number of imidazole rings is 1. The number of rotatable bonds is 5. The number of nitriles is 1. The third-order valence-corrected chi connectivity index (χ3v) is 5.80. The zero-order chi connectivity index (χ0) is 21.1. The SMILES string of the molecule is CCn1c(=O)n(CC(=O)N2CCN(C(C#N)c3ccccc3)CC2)c2ccccc21. The molecular weight excluding hydrogens is 378 g/mol. The number of benzene rings is 2. The zero-order valence-corrected chi connectivity index (χ0v) is 17.1. The van der Waals surface area contributed by atoms with Crippen molar-refractivity contribution >= 4 is 16.9 Å². The number of aryl methyl sites for hydroxylation is 1. The summed E-state index contributed by atoms with van der Waals surface area (Å²) in [7, 11) is 0. The van der Waals surface area contributed by atoms with Crippen molar-refractivity contribution in [1.82, 2.24) is 18.9 Å². The molecule has 0 N–H and O–H groups in total. The Balaban J connectivity index is 1.46. The third-order valence-electron chi connectivity index (χ3n) is 5.80. The summed E-state index contributed by atoms with van der Waals surface area (Å²) in [5.74, 6) is -0.0658. The lowest BCUT2D eigenvalue weighted by atomic mass is 10.1. The first-order valence-corrected chi connectivity index (χ1v) is 10.3. The maximum atomic E-state index is 13.0. The highest BCUT2D eigenvalue weighted by atomic mass is 16.2. The van der Waals surface area contributed by atoms with Crippen LogP contribution in [0.5, 0.6) is 0 Å². The molecule has 2 aromatic carbocycles. The Labute approximate surface area is 175 Å². The summed E-state index contributed by atoms with van der Waals surface area (Å²) in [6.07, 6.45) is 0. The van der Waals surface area contributed by atoms with Gasteiger partial charge in [0, 0.05) is 32.7 Å². The van der Waals surface area contributed by atoms with Crippen LogP contribution in [0.1, 0.15) is 18.5 Å². The van der Waals surface area contributed by atoms with Gasteiger partial charge in [-0.2, -0.15) is 5.26 Å². The molecule has 0 radical (unpaired) electrons. The van der Waals surface area contributed by atoms with Crippen molar-refractivity contribution in [1.29, 1.82) is 5.26 Å². The largest absolute Gasteiger partial charge is 0.339 e. The van der Waals surface area contributed by atoms with Gasteiger partial charge in [-0.1, -0.05) is 42.5 Å². The Kier molecular flexibility index (Phi) is 5.68. The van der Waals surface area contributed by atoms with Gasteiger partial charge in [0.15, 0.2) is 0 Å². The second-order valence-corrected chi connectivity index (χ2v) is 7.46. The van der Waals surface area contributed by atoms with Crippen LogP contribution in [-0.4, -0.2) is 51.0 Å². The van der Waals surface area contributed by atoms with Gasteiger partial charge in [-0.3, -0.25) is 18.8 Å². The second kappa shape index (κ2) is 8.56. The van der Waals surface area contributed by atoms with Gasteiger partial charge in [0.05, 0.1) is 17.1 Å². The summed E-state index contributed by atoms with van der Waals surface area (Å²) in [4.78, 5) is 29.6. The van der Waals surface area contributed by atoms with E-state index in [1.165, 1.54) is 0 Å². The molecule has 1 atom stereocenters. The van der Waals surface area contributed by atoms with Crippen molar-refractivity contribution < 1.29 is 4.79 Å². The van der Waals surface area contributed by atoms with Crippen LogP contribution >= 0.6 is 0 Å². The normalized spacial score (nSPS) is 15.8. The molecule has 1 amide bonds. The monoisotopic (exact) mass is 403 g/mol. The van der Waals surface area contributed by atoms with E-state index in [-0.39, 0.29) is 24.2 Å². The van der Waals surface area contributed by atoms with Crippen LogP contribution in [0.2, 0.25) is 0 Å². The van der Waals surface area contributed by atoms with E-state index in [1.54, 1.807) is 14.0 Å². The van der Waals surface area contributed by atoms with Crippen molar-refractivity contribution in [3.05, 3.63) is 70.6 Å². The number of piperazine rings is 1. The molecule has 1 aliphatic heterocycles. The molecule has 7 heteroatoms. The average molecular weight is 403 g/mol. The van der Waals surface area contributed by atoms with Crippen LogP contribution in [0.4, 0.5) is 0 Å². The van der Waals surface area contributed by atoms with Gasteiger partial charge in [0.2, 0.25) is 5.91 Å². The first kappa shape index (κ1) is 19.9. The number of aromatic nitrogens is 2. The summed E-state index contributed by atoms with van der Waals surface area (Å²) < 4.78 is 3.26. The van der Waals surface area contributed by atoms with E-state index < -0.39 is 0 Å². The summed E-state index contributed by atoms with van der Waals surface area (Å²) in [6, 6.07) is 19.4. The Morgan fingerprint density at radius 1 is 0.967 bits per heavy atom. The van der Waals surface area contributed by atoms with Crippen LogP contribution in [0.15, 0.2) is 59.4 Å². The van der Waals surface area contributed by atoms with E-state index in [9.17, 15) is 14.9 Å². The number of carbonyl (C=O) groups excluding carboxylic acids is 1. The van der Waals surface area contributed by atoms with Gasteiger partial charge in [0.1, 0.15) is 12.6 Å². The molecule has 154 valence electrons. The Hall–Kier alpha value is -3.37. The summed E-state index contributed by atoms with van der Waals surface area (Å²) in [6.45, 7) is 4.88. The van der Waals surface area contributed by atoms with E-state index in [0.717, 1.165) is 16.6 Å². The molecule has 4 rings (SSSR count). The first-order chi connectivity index (χ1) is 14.6. The molecule has 1 unspecified atom stereocenters. The second-order valence-electron chi connectivity index (χ2n) is 7.46. The number of carbonyl (C=O) groups is 1. The van der Waals surface area contributed by atoms with Gasteiger partial charge in [-0.05, 0) is 24.6 Å². The molecule has 0 aliphatic carbocycles. The molecule has 1 fully saturated rings. The highest BCUT2D eigenvalue weighted by Crippen LogP contribution is 2.21. The Bertz CT molecular complexity index is 1130. The molecule has 0 saturated carbocycles. The van der Waals surface area contributed by atoms with Crippen molar-refractivity contribution in [3.63, 3.8) is 0 Å². The van der Waals surface area contributed by atoms with Crippen molar-refractivity contribution in [2.45, 2.75) is 26.1 Å². The predicted octanol–water partition coefficient (Wildman–Crippen LogP) is 2.23. The quantitative estimate of drug-likeness (QED) is 0.655. The number of para-hydroxylation sites is 2. The van der Waals surface area contributed by atoms with Crippen LogP contribution < -0.4 is 5.69 Å². The van der Waals surface area contributed by atoms with E-state index in [4.69, 9.17) is 0 Å². The molecule has 1 saturated heterocycles. The summed E-state index contributed by atoms with van der Waals surface area (Å²) in [5.41, 5.74) is 2.45.